The van der Waals surface area contributed by atoms with Gasteiger partial charge in [-0.3, -0.25) is 9.59 Å². The average Bonchev–Trinajstić information content (AvgIpc) is 2.85. The van der Waals surface area contributed by atoms with E-state index >= 15 is 0 Å². The molecule has 2 aromatic rings. The van der Waals surface area contributed by atoms with Gasteiger partial charge in [0.25, 0.3) is 8.32 Å². The van der Waals surface area contributed by atoms with Gasteiger partial charge in [-0.05, 0) is 60.0 Å². The fourth-order valence-corrected chi connectivity index (χ4v) is 10.1. The minimum absolute atomic E-state index is 0.0333. The number of rotatable bonds is 7. The number of amides is 1. The van der Waals surface area contributed by atoms with Gasteiger partial charge >= 0.3 is 0 Å². The molecule has 2 aromatic carbocycles. The van der Waals surface area contributed by atoms with Gasteiger partial charge in [0.1, 0.15) is 0 Å². The minimum Gasteiger partial charge on any atom is -0.407 e. The van der Waals surface area contributed by atoms with Crippen LogP contribution in [0.2, 0.25) is 5.04 Å². The van der Waals surface area contributed by atoms with Gasteiger partial charge in [-0.25, -0.2) is 0 Å². The van der Waals surface area contributed by atoms with Crippen LogP contribution >= 0.6 is 0 Å². The summed E-state index contributed by atoms with van der Waals surface area (Å²) < 4.78 is 13.3. The van der Waals surface area contributed by atoms with Gasteiger partial charge in [0.2, 0.25) is 5.91 Å². The Bertz CT molecular complexity index is 1080. The summed E-state index contributed by atoms with van der Waals surface area (Å²) in [6.07, 6.45) is 6.92. The van der Waals surface area contributed by atoms with Gasteiger partial charge in [0.05, 0.1) is 12.5 Å². The van der Waals surface area contributed by atoms with Crippen LogP contribution in [0.3, 0.4) is 0 Å². The van der Waals surface area contributed by atoms with Crippen molar-refractivity contribution >= 4 is 30.4 Å². The molecular formula is C30H37NO4Si. The summed E-state index contributed by atoms with van der Waals surface area (Å²) in [7, 11) is -2.67. The molecule has 6 heteroatoms. The molecule has 1 saturated heterocycles. The molecule has 0 aromatic heterocycles. The first-order valence-electron chi connectivity index (χ1n) is 12.8. The molecule has 36 heavy (non-hydrogen) atoms. The summed E-state index contributed by atoms with van der Waals surface area (Å²) in [5, 5.41) is 2.32. The van der Waals surface area contributed by atoms with Crippen LogP contribution in [0.25, 0.3) is 0 Å². The second-order valence-electron chi connectivity index (χ2n) is 10.9. The molecule has 0 saturated carbocycles. The maximum atomic E-state index is 13.7. The molecule has 1 unspecified atom stereocenters. The highest BCUT2D eigenvalue weighted by Crippen LogP contribution is 2.38. The summed E-state index contributed by atoms with van der Waals surface area (Å²) in [6, 6.07) is 21.0. The molecule has 1 amide bonds. The molecule has 0 radical (unpaired) electrons. The summed E-state index contributed by atoms with van der Waals surface area (Å²) in [5.74, 6) is -0.372. The standard InChI is InChI=1S/C30H37NO4Si/c1-23(2)31-28(33)24(22-34-30(31)19-16-25(32)17-20-30)18-21-35-36(29(3,4)5,26-12-8-6-9-13-26)27-14-10-7-11-15-27/h6-17,19-20,23-24H,18,21-22H2,1-5H3. The maximum absolute atomic E-state index is 13.7. The summed E-state index contributed by atoms with van der Waals surface area (Å²) >= 11 is 0. The number of carbonyl (C=O) groups is 2. The van der Waals surface area contributed by atoms with Gasteiger partial charge in [-0.1, -0.05) is 81.4 Å². The van der Waals surface area contributed by atoms with Crippen LogP contribution in [-0.2, 0) is 18.8 Å². The highest BCUT2D eigenvalue weighted by molar-refractivity contribution is 6.99. The lowest BCUT2D eigenvalue weighted by Crippen LogP contribution is -2.67. The first-order valence-corrected chi connectivity index (χ1v) is 14.7. The molecule has 0 bridgehead atoms. The third-order valence-corrected chi connectivity index (χ3v) is 12.2. The van der Waals surface area contributed by atoms with Crippen LogP contribution in [0.1, 0.15) is 41.0 Å². The van der Waals surface area contributed by atoms with E-state index in [0.29, 0.717) is 13.0 Å². The third kappa shape index (κ3) is 4.77. The Morgan fingerprint density at radius 1 is 0.972 bits per heavy atom. The van der Waals surface area contributed by atoms with Crippen LogP contribution in [0, 0.1) is 5.92 Å². The zero-order valence-corrected chi connectivity index (χ0v) is 22.9. The van der Waals surface area contributed by atoms with Crippen molar-refractivity contribution in [3.63, 3.8) is 0 Å². The number of ether oxygens (including phenoxy) is 1. The van der Waals surface area contributed by atoms with Crippen molar-refractivity contribution in [2.45, 2.75) is 57.8 Å². The molecule has 1 heterocycles. The molecule has 4 rings (SSSR count). The van der Waals surface area contributed by atoms with E-state index in [0.717, 1.165) is 0 Å². The number of nitrogens with zero attached hydrogens (tertiary/aromatic N) is 1. The monoisotopic (exact) mass is 503 g/mol. The molecule has 1 fully saturated rings. The van der Waals surface area contributed by atoms with E-state index in [4.69, 9.17) is 9.16 Å². The lowest BCUT2D eigenvalue weighted by Gasteiger charge is -2.48. The normalized spacial score (nSPS) is 19.9. The second-order valence-corrected chi connectivity index (χ2v) is 15.2. The van der Waals surface area contributed by atoms with Crippen molar-refractivity contribution in [2.75, 3.05) is 13.2 Å². The molecule has 5 nitrogen and oxygen atoms in total. The SMILES string of the molecule is CC(C)N1C(=O)C(CCO[Si](c2ccccc2)(c2ccccc2)C(C)(C)C)COC12C=CC(=O)C=C2. The number of hydrogen-bond donors (Lipinski definition) is 0. The summed E-state index contributed by atoms with van der Waals surface area (Å²) in [4.78, 5) is 27.1. The Balaban J connectivity index is 1.59. The molecule has 1 atom stereocenters. The fourth-order valence-electron chi connectivity index (χ4n) is 5.50. The molecule has 0 N–H and O–H groups in total. The lowest BCUT2D eigenvalue weighted by molar-refractivity contribution is -0.186. The Labute approximate surface area is 215 Å². The van der Waals surface area contributed by atoms with Crippen molar-refractivity contribution in [1.82, 2.24) is 4.90 Å². The highest BCUT2D eigenvalue weighted by atomic mass is 28.4. The molecule has 1 aliphatic carbocycles. The largest absolute Gasteiger partial charge is 0.407 e. The number of carbonyl (C=O) groups excluding carboxylic acids is 2. The minimum atomic E-state index is -2.67. The van der Waals surface area contributed by atoms with Gasteiger partial charge in [-0.15, -0.1) is 0 Å². The zero-order valence-electron chi connectivity index (χ0n) is 21.9. The van der Waals surface area contributed by atoms with E-state index in [9.17, 15) is 9.59 Å². The van der Waals surface area contributed by atoms with E-state index in [-0.39, 0.29) is 35.3 Å². The topological polar surface area (TPSA) is 55.8 Å². The predicted octanol–water partition coefficient (Wildman–Crippen LogP) is 4.23. The van der Waals surface area contributed by atoms with Crippen molar-refractivity contribution in [1.29, 1.82) is 0 Å². The van der Waals surface area contributed by atoms with Crippen molar-refractivity contribution in [2.24, 2.45) is 5.92 Å². The van der Waals surface area contributed by atoms with Crippen molar-refractivity contribution in [3.8, 4) is 0 Å². The average molecular weight is 504 g/mol. The molecule has 1 aliphatic heterocycles. The Morgan fingerprint density at radius 2 is 1.50 bits per heavy atom. The molecule has 2 aliphatic rings. The zero-order chi connectivity index (χ0) is 26.0. The van der Waals surface area contributed by atoms with E-state index in [1.54, 1.807) is 17.1 Å². The molecular weight excluding hydrogens is 466 g/mol. The summed E-state index contributed by atoms with van der Waals surface area (Å²) in [5.41, 5.74) is -0.992. The first-order chi connectivity index (χ1) is 17.1. The van der Waals surface area contributed by atoms with Gasteiger partial charge in [0, 0.05) is 12.6 Å². The maximum Gasteiger partial charge on any atom is 0.261 e. The van der Waals surface area contributed by atoms with E-state index < -0.39 is 14.0 Å². The quantitative estimate of drug-likeness (QED) is 0.531. The van der Waals surface area contributed by atoms with Crippen LogP contribution < -0.4 is 10.4 Å². The van der Waals surface area contributed by atoms with Crippen LogP contribution in [-0.4, -0.2) is 49.9 Å². The van der Waals surface area contributed by atoms with Crippen LogP contribution in [0.5, 0.6) is 0 Å². The Morgan fingerprint density at radius 3 is 1.97 bits per heavy atom. The molecule has 1 spiro atoms. The van der Waals surface area contributed by atoms with E-state index in [2.05, 4.69) is 69.3 Å². The number of hydrogen-bond acceptors (Lipinski definition) is 4. The number of ketones is 1. The van der Waals surface area contributed by atoms with Crippen molar-refractivity contribution < 1.29 is 18.8 Å². The second kappa shape index (κ2) is 10.3. The Kier molecular flexibility index (Phi) is 7.50. The van der Waals surface area contributed by atoms with Crippen molar-refractivity contribution in [3.05, 3.63) is 85.0 Å². The predicted molar refractivity (Wildman–Crippen MR) is 146 cm³/mol. The fraction of sp³-hybridized carbons (Fsp3) is 0.400. The smallest absolute Gasteiger partial charge is 0.261 e. The summed E-state index contributed by atoms with van der Waals surface area (Å²) in [6.45, 7) is 11.4. The number of benzene rings is 2. The van der Waals surface area contributed by atoms with Crippen LogP contribution in [0.4, 0.5) is 0 Å². The van der Waals surface area contributed by atoms with Gasteiger partial charge < -0.3 is 14.1 Å². The van der Waals surface area contributed by atoms with Gasteiger partial charge in [-0.2, -0.15) is 0 Å². The third-order valence-electron chi connectivity index (χ3n) is 7.17. The van der Waals surface area contributed by atoms with E-state index in [1.165, 1.54) is 22.5 Å². The van der Waals surface area contributed by atoms with Gasteiger partial charge in [0.15, 0.2) is 11.5 Å². The Hall–Kier alpha value is -2.80. The lowest BCUT2D eigenvalue weighted by atomic mass is 9.94. The van der Waals surface area contributed by atoms with E-state index in [1.807, 2.05) is 26.0 Å². The first kappa shape index (κ1) is 26.3. The number of allylic oxidation sites excluding steroid dienone is 2. The van der Waals surface area contributed by atoms with Crippen LogP contribution in [0.15, 0.2) is 85.0 Å². The molecule has 190 valence electrons. The highest BCUT2D eigenvalue weighted by Gasteiger charge is 2.51.